The number of sulfone groups is 1. The van der Waals surface area contributed by atoms with Crippen LogP contribution in [-0.2, 0) is 19.4 Å². The molecule has 2 aromatic carbocycles. The highest BCUT2D eigenvalue weighted by Gasteiger charge is 2.46. The zero-order valence-corrected chi connectivity index (χ0v) is 20.3. The molecule has 0 bridgehead atoms. The van der Waals surface area contributed by atoms with Crippen LogP contribution < -0.4 is 9.64 Å². The molecule has 2 aliphatic rings. The third kappa shape index (κ3) is 4.63. The molecule has 2 atom stereocenters. The lowest BCUT2D eigenvalue weighted by Gasteiger charge is -2.38. The van der Waals surface area contributed by atoms with Gasteiger partial charge in [-0.1, -0.05) is 24.3 Å². The van der Waals surface area contributed by atoms with Crippen molar-refractivity contribution in [1.82, 2.24) is 9.80 Å². The van der Waals surface area contributed by atoms with Gasteiger partial charge in [0.05, 0.1) is 29.1 Å². The molecular formula is C24H25N3O7S. The molecule has 0 N–H and O–H groups in total. The maximum atomic E-state index is 13.9. The second-order valence-corrected chi connectivity index (χ2v) is 11.0. The number of hydrogen-bond donors (Lipinski definition) is 0. The highest BCUT2D eigenvalue weighted by atomic mass is 32.2. The van der Waals surface area contributed by atoms with Crippen molar-refractivity contribution < 1.29 is 32.3 Å². The van der Waals surface area contributed by atoms with Crippen molar-refractivity contribution in [3.05, 3.63) is 59.7 Å². The number of imide groups is 1. The normalized spacial score (nSPS) is 18.0. The summed E-state index contributed by atoms with van der Waals surface area (Å²) < 4.78 is 29.7. The number of nitrogens with zero attached hydrogens (tertiary/aromatic N) is 3. The van der Waals surface area contributed by atoms with Crippen LogP contribution in [0.4, 0.5) is 5.69 Å². The molecule has 10 nitrogen and oxygen atoms in total. The number of amides is 4. The maximum Gasteiger partial charge on any atom is 0.265 e. The number of anilines is 1. The van der Waals surface area contributed by atoms with E-state index in [-0.39, 0.29) is 35.7 Å². The molecule has 0 aliphatic carbocycles. The molecule has 4 rings (SSSR count). The highest BCUT2D eigenvalue weighted by Crippen LogP contribution is 2.35. The fourth-order valence-corrected chi connectivity index (χ4v) is 4.87. The van der Waals surface area contributed by atoms with Gasteiger partial charge in [0.2, 0.25) is 0 Å². The zero-order valence-electron chi connectivity index (χ0n) is 19.5. The minimum atomic E-state index is -3.52. The monoisotopic (exact) mass is 499 g/mol. The largest absolute Gasteiger partial charge is 0.476 e. The van der Waals surface area contributed by atoms with Crippen molar-refractivity contribution in [2.24, 2.45) is 0 Å². The molecule has 0 fully saturated rings. The van der Waals surface area contributed by atoms with E-state index in [2.05, 4.69) is 0 Å². The van der Waals surface area contributed by atoms with Gasteiger partial charge in [-0.3, -0.25) is 24.1 Å². The van der Waals surface area contributed by atoms with Gasteiger partial charge >= 0.3 is 0 Å². The topological polar surface area (TPSA) is 121 Å². The van der Waals surface area contributed by atoms with Gasteiger partial charge in [-0.2, -0.15) is 0 Å². The van der Waals surface area contributed by atoms with E-state index in [1.54, 1.807) is 50.5 Å². The molecule has 184 valence electrons. The average Bonchev–Trinajstić information content (AvgIpc) is 3.07. The molecule has 11 heteroatoms. The van der Waals surface area contributed by atoms with Crippen molar-refractivity contribution in [3.63, 3.8) is 0 Å². The van der Waals surface area contributed by atoms with Gasteiger partial charge in [0, 0.05) is 20.4 Å². The molecule has 2 heterocycles. The Labute approximate surface area is 203 Å². The van der Waals surface area contributed by atoms with Crippen molar-refractivity contribution in [2.75, 3.05) is 37.5 Å². The quantitative estimate of drug-likeness (QED) is 0.543. The number of fused-ring (bicyclic) bond motifs is 2. The summed E-state index contributed by atoms with van der Waals surface area (Å²) in [5, 5.41) is 0. The zero-order chi connectivity index (χ0) is 25.5. The number of carbonyl (C=O) groups excluding carboxylic acids is 4. The minimum Gasteiger partial charge on any atom is -0.476 e. The molecule has 2 unspecified atom stereocenters. The summed E-state index contributed by atoms with van der Waals surface area (Å²) in [5.74, 6) is -2.50. The standard InChI is InChI=1S/C24H25N3O7S/c1-25(2)24(31)20-14-26(17-10-6-7-11-19(17)34-20)23(30)18(12-13-35(3,32)33)27-21(28)15-8-4-5-9-16(15)22(27)29/h4-11,18,20H,12-14H2,1-3H3. The Morgan fingerprint density at radius 1 is 1.03 bits per heavy atom. The fourth-order valence-electron chi connectivity index (χ4n) is 4.22. The minimum absolute atomic E-state index is 0.151. The number of carbonyl (C=O) groups is 4. The van der Waals surface area contributed by atoms with Gasteiger partial charge in [0.1, 0.15) is 21.6 Å². The first-order chi connectivity index (χ1) is 16.5. The third-order valence-electron chi connectivity index (χ3n) is 5.94. The Hall–Kier alpha value is -3.73. The number of para-hydroxylation sites is 2. The van der Waals surface area contributed by atoms with E-state index >= 15 is 0 Å². The van der Waals surface area contributed by atoms with Gasteiger partial charge < -0.3 is 14.5 Å². The number of hydrogen-bond acceptors (Lipinski definition) is 7. The van der Waals surface area contributed by atoms with E-state index in [1.807, 2.05) is 0 Å². The van der Waals surface area contributed by atoms with Crippen LogP contribution in [0.15, 0.2) is 48.5 Å². The third-order valence-corrected chi connectivity index (χ3v) is 6.92. The van der Waals surface area contributed by atoms with Crippen LogP contribution in [-0.4, -0.2) is 86.6 Å². The van der Waals surface area contributed by atoms with Gasteiger partial charge in [-0.25, -0.2) is 8.42 Å². The highest BCUT2D eigenvalue weighted by molar-refractivity contribution is 7.90. The predicted molar refractivity (Wildman–Crippen MR) is 127 cm³/mol. The summed E-state index contributed by atoms with van der Waals surface area (Å²) in [6.07, 6.45) is -0.275. The number of ether oxygens (including phenoxy) is 1. The van der Waals surface area contributed by atoms with Gasteiger partial charge in [0.15, 0.2) is 6.10 Å². The summed E-state index contributed by atoms with van der Waals surface area (Å²) in [4.78, 5) is 56.4. The molecule has 35 heavy (non-hydrogen) atoms. The molecule has 4 amide bonds. The Morgan fingerprint density at radius 3 is 2.17 bits per heavy atom. The summed E-state index contributed by atoms with van der Waals surface area (Å²) in [7, 11) is -0.394. The lowest BCUT2D eigenvalue weighted by molar-refractivity contribution is -0.136. The van der Waals surface area contributed by atoms with E-state index in [1.165, 1.54) is 21.9 Å². The number of rotatable bonds is 6. The van der Waals surface area contributed by atoms with Crippen LogP contribution in [0.3, 0.4) is 0 Å². The summed E-state index contributed by atoms with van der Waals surface area (Å²) >= 11 is 0. The predicted octanol–water partition coefficient (Wildman–Crippen LogP) is 0.968. The van der Waals surface area contributed by atoms with Gasteiger partial charge in [0.25, 0.3) is 23.6 Å². The van der Waals surface area contributed by atoms with E-state index < -0.39 is 45.5 Å². The van der Waals surface area contributed by atoms with Crippen LogP contribution >= 0.6 is 0 Å². The van der Waals surface area contributed by atoms with E-state index in [0.29, 0.717) is 5.69 Å². The lowest BCUT2D eigenvalue weighted by Crippen LogP contribution is -2.56. The van der Waals surface area contributed by atoms with Gasteiger partial charge in [-0.05, 0) is 30.7 Å². The smallest absolute Gasteiger partial charge is 0.265 e. The lowest BCUT2D eigenvalue weighted by atomic mass is 10.1. The Balaban J connectivity index is 1.75. The van der Waals surface area contributed by atoms with Crippen molar-refractivity contribution >= 4 is 39.2 Å². The van der Waals surface area contributed by atoms with E-state index in [9.17, 15) is 27.6 Å². The van der Waals surface area contributed by atoms with Crippen LogP contribution in [0.5, 0.6) is 5.75 Å². The number of benzene rings is 2. The second-order valence-electron chi connectivity index (χ2n) is 8.72. The molecule has 0 saturated heterocycles. The molecule has 0 radical (unpaired) electrons. The first-order valence-electron chi connectivity index (χ1n) is 10.9. The fraction of sp³-hybridized carbons (Fsp3) is 0.333. The summed E-state index contributed by atoms with van der Waals surface area (Å²) in [5.41, 5.74) is 0.664. The molecule has 0 spiro atoms. The van der Waals surface area contributed by atoms with Crippen LogP contribution in [0, 0.1) is 0 Å². The maximum absolute atomic E-state index is 13.9. The molecule has 0 aromatic heterocycles. The van der Waals surface area contributed by atoms with Crippen molar-refractivity contribution in [1.29, 1.82) is 0 Å². The average molecular weight is 500 g/mol. The molecule has 0 saturated carbocycles. The summed E-state index contributed by atoms with van der Waals surface area (Å²) in [6, 6.07) is 11.4. The Bertz CT molecular complexity index is 1290. The first-order valence-corrected chi connectivity index (χ1v) is 13.0. The Morgan fingerprint density at radius 2 is 1.60 bits per heavy atom. The number of likely N-dealkylation sites (N-methyl/N-ethyl adjacent to an activating group) is 1. The van der Waals surface area contributed by atoms with Crippen LogP contribution in [0.1, 0.15) is 27.1 Å². The molecule has 2 aromatic rings. The van der Waals surface area contributed by atoms with Crippen molar-refractivity contribution in [2.45, 2.75) is 18.6 Å². The van der Waals surface area contributed by atoms with Gasteiger partial charge in [-0.15, -0.1) is 0 Å². The van der Waals surface area contributed by atoms with Crippen LogP contribution in [0.25, 0.3) is 0 Å². The second kappa shape index (κ2) is 9.14. The SMILES string of the molecule is CN(C)C(=O)C1CN(C(=O)C(CCS(C)(=O)=O)N2C(=O)c3ccccc3C2=O)c2ccccc2O1. The van der Waals surface area contributed by atoms with E-state index in [0.717, 1.165) is 11.2 Å². The van der Waals surface area contributed by atoms with Crippen LogP contribution in [0.2, 0.25) is 0 Å². The summed E-state index contributed by atoms with van der Waals surface area (Å²) in [6.45, 7) is -0.161. The molecular weight excluding hydrogens is 474 g/mol. The Kier molecular flexibility index (Phi) is 6.37. The first kappa shape index (κ1) is 24.4. The van der Waals surface area contributed by atoms with Crippen molar-refractivity contribution in [3.8, 4) is 5.75 Å². The van der Waals surface area contributed by atoms with E-state index in [4.69, 9.17) is 4.74 Å². The molecule has 2 aliphatic heterocycles.